The Morgan fingerprint density at radius 2 is 1.68 bits per heavy atom. The number of carbonyl (C=O) groups is 2. The maximum Gasteiger partial charge on any atom is 0.490 e. The zero-order chi connectivity index (χ0) is 30.1. The molecule has 1 saturated carbocycles. The summed E-state index contributed by atoms with van der Waals surface area (Å²) in [5.74, 6) is -3.60. The van der Waals surface area contributed by atoms with E-state index < -0.39 is 24.3 Å². The van der Waals surface area contributed by atoms with Crippen LogP contribution in [0.3, 0.4) is 0 Å². The topological polar surface area (TPSA) is 127 Å². The number of nitrogens with zero attached hydrogens (tertiary/aromatic N) is 4. The van der Waals surface area contributed by atoms with Crippen LogP contribution < -0.4 is 4.74 Å². The quantitative estimate of drug-likeness (QED) is 0.441. The van der Waals surface area contributed by atoms with Crippen LogP contribution in [0, 0.1) is 5.92 Å². The number of pyridine rings is 1. The van der Waals surface area contributed by atoms with Crippen LogP contribution in [0.2, 0.25) is 0 Å². The second-order valence-electron chi connectivity index (χ2n) is 8.98. The highest BCUT2D eigenvalue weighted by Gasteiger charge is 2.39. The molecule has 16 heteroatoms. The van der Waals surface area contributed by atoms with E-state index >= 15 is 0 Å². The number of carboxylic acids is 2. The van der Waals surface area contributed by atoms with Crippen molar-refractivity contribution in [2.24, 2.45) is 5.92 Å². The average molecular weight is 585 g/mol. The van der Waals surface area contributed by atoms with Crippen molar-refractivity contribution < 1.29 is 55.6 Å². The number of imidazole rings is 1. The third-order valence-corrected chi connectivity index (χ3v) is 5.79. The number of aliphatic carboxylic acids is 2. The number of carboxylic acid groups (broad SMARTS) is 2. The van der Waals surface area contributed by atoms with Gasteiger partial charge < -0.3 is 24.3 Å². The molecular weight excluding hydrogens is 554 g/mol. The number of hydrogen-bond donors (Lipinski definition) is 2. The van der Waals surface area contributed by atoms with Gasteiger partial charge in [-0.1, -0.05) is 6.07 Å². The van der Waals surface area contributed by atoms with Crippen LogP contribution in [-0.2, 0) is 34.0 Å². The molecule has 4 rings (SSSR count). The van der Waals surface area contributed by atoms with Crippen LogP contribution in [0.15, 0.2) is 24.7 Å². The van der Waals surface area contributed by atoms with Gasteiger partial charge in [-0.25, -0.2) is 19.6 Å². The van der Waals surface area contributed by atoms with Gasteiger partial charge in [-0.15, -0.1) is 0 Å². The zero-order valence-electron chi connectivity index (χ0n) is 21.7. The molecule has 1 aliphatic carbocycles. The van der Waals surface area contributed by atoms with Gasteiger partial charge in [-0.05, 0) is 31.7 Å². The molecule has 1 aliphatic heterocycles. The van der Waals surface area contributed by atoms with Crippen molar-refractivity contribution >= 4 is 11.9 Å². The molecule has 0 radical (unpaired) electrons. The summed E-state index contributed by atoms with van der Waals surface area (Å²) >= 11 is 0. The zero-order valence-corrected chi connectivity index (χ0v) is 21.7. The van der Waals surface area contributed by atoms with E-state index in [1.165, 1.54) is 24.2 Å². The molecule has 0 aromatic carbocycles. The van der Waals surface area contributed by atoms with Crippen LogP contribution >= 0.6 is 0 Å². The first kappa shape index (κ1) is 32.8. The monoisotopic (exact) mass is 584 g/mol. The molecule has 2 N–H and O–H groups in total. The third-order valence-electron chi connectivity index (χ3n) is 5.79. The predicted octanol–water partition coefficient (Wildman–Crippen LogP) is 4.10. The summed E-state index contributed by atoms with van der Waals surface area (Å²) in [6.45, 7) is 7.33. The molecule has 1 atom stereocenters. The second-order valence-corrected chi connectivity index (χ2v) is 8.98. The molecule has 2 aromatic heterocycles. The van der Waals surface area contributed by atoms with Gasteiger partial charge in [0.2, 0.25) is 5.88 Å². The van der Waals surface area contributed by atoms with E-state index in [2.05, 4.69) is 27.4 Å². The maximum atomic E-state index is 10.6. The Labute approximate surface area is 225 Å². The summed E-state index contributed by atoms with van der Waals surface area (Å²) in [6, 6.07) is 4.06. The van der Waals surface area contributed by atoms with Gasteiger partial charge >= 0.3 is 24.3 Å². The maximum absolute atomic E-state index is 10.6. The van der Waals surface area contributed by atoms with Gasteiger partial charge in [0, 0.05) is 56.2 Å². The van der Waals surface area contributed by atoms with Gasteiger partial charge in [-0.3, -0.25) is 4.90 Å². The SMILES string of the molecule is CCOCC1CN(Cc2cccnc2OC)Cc2ncn(CC3CC3)c21.O=C(O)C(F)(F)F.O=C(O)C(F)(F)F. The standard InChI is InChI=1S/C20H28N4O2.2C2HF3O2/c1-3-26-13-17-11-23(10-16-5-4-8-21-20(16)25-2)12-18-19(17)24(14-22-18)9-15-6-7-15;2*3-2(4,5)1(6)7/h4-5,8,14-15,17H,3,6-7,9-13H2,1-2H3;2*(H,6,7). The molecule has 0 bridgehead atoms. The number of alkyl halides is 6. The van der Waals surface area contributed by atoms with E-state index in [0.717, 1.165) is 50.9 Å². The Hall–Kier alpha value is -3.40. The number of aromatic nitrogens is 3. The normalized spacial score (nSPS) is 17.1. The largest absolute Gasteiger partial charge is 0.490 e. The molecule has 3 heterocycles. The predicted molar refractivity (Wildman–Crippen MR) is 126 cm³/mol. The molecule has 2 aromatic rings. The highest BCUT2D eigenvalue weighted by atomic mass is 19.4. The fourth-order valence-electron chi connectivity index (χ4n) is 3.91. The van der Waals surface area contributed by atoms with Gasteiger partial charge in [0.25, 0.3) is 0 Å². The van der Waals surface area contributed by atoms with Crippen LogP contribution in [0.5, 0.6) is 5.88 Å². The van der Waals surface area contributed by atoms with Crippen LogP contribution in [-0.4, -0.2) is 80.8 Å². The lowest BCUT2D eigenvalue weighted by molar-refractivity contribution is -0.193. The van der Waals surface area contributed by atoms with Crippen molar-refractivity contribution in [3.8, 4) is 5.88 Å². The smallest absolute Gasteiger partial charge is 0.481 e. The van der Waals surface area contributed by atoms with E-state index in [-0.39, 0.29) is 0 Å². The van der Waals surface area contributed by atoms with E-state index in [1.807, 2.05) is 12.4 Å². The third kappa shape index (κ3) is 10.3. The summed E-state index contributed by atoms with van der Waals surface area (Å²) in [6.07, 6.45) is -3.64. The Morgan fingerprint density at radius 3 is 2.17 bits per heavy atom. The molecule has 40 heavy (non-hydrogen) atoms. The number of methoxy groups -OCH3 is 1. The van der Waals surface area contributed by atoms with Crippen LogP contribution in [0.4, 0.5) is 26.3 Å². The van der Waals surface area contributed by atoms with Crippen molar-refractivity contribution in [2.45, 2.75) is 57.7 Å². The minimum absolute atomic E-state index is 0.364. The average Bonchev–Trinajstić information content (AvgIpc) is 3.60. The van der Waals surface area contributed by atoms with E-state index in [1.54, 1.807) is 13.3 Å². The van der Waals surface area contributed by atoms with Crippen LogP contribution in [0.1, 0.15) is 42.6 Å². The van der Waals surface area contributed by atoms with E-state index in [9.17, 15) is 26.3 Å². The molecule has 0 saturated heterocycles. The highest BCUT2D eigenvalue weighted by molar-refractivity contribution is 5.73. The number of halogens is 6. The summed E-state index contributed by atoms with van der Waals surface area (Å²) in [7, 11) is 1.68. The number of fused-ring (bicyclic) bond motifs is 1. The summed E-state index contributed by atoms with van der Waals surface area (Å²) in [5, 5.41) is 14.2. The van der Waals surface area contributed by atoms with Crippen LogP contribution in [0.25, 0.3) is 0 Å². The second kappa shape index (κ2) is 14.3. The molecule has 1 fully saturated rings. The van der Waals surface area contributed by atoms with Crippen molar-refractivity contribution in [3.63, 3.8) is 0 Å². The molecule has 10 nitrogen and oxygen atoms in total. The molecule has 2 aliphatic rings. The first-order chi connectivity index (χ1) is 18.7. The number of rotatable bonds is 8. The highest BCUT2D eigenvalue weighted by Crippen LogP contribution is 2.35. The first-order valence-corrected chi connectivity index (χ1v) is 12.1. The van der Waals surface area contributed by atoms with Gasteiger partial charge in [-0.2, -0.15) is 26.3 Å². The molecule has 0 spiro atoms. The fraction of sp³-hybridized carbons (Fsp3) is 0.583. The molecular formula is C24H30F6N4O6. The van der Waals surface area contributed by atoms with E-state index in [0.29, 0.717) is 11.8 Å². The molecule has 224 valence electrons. The van der Waals surface area contributed by atoms with Gasteiger partial charge in [0.15, 0.2) is 0 Å². The Bertz CT molecular complexity index is 1100. The fourth-order valence-corrected chi connectivity index (χ4v) is 3.91. The lowest BCUT2D eigenvalue weighted by Gasteiger charge is -2.33. The van der Waals surface area contributed by atoms with Crippen molar-refractivity contribution in [1.82, 2.24) is 19.4 Å². The van der Waals surface area contributed by atoms with E-state index in [4.69, 9.17) is 34.3 Å². The minimum atomic E-state index is -5.08. The lowest BCUT2D eigenvalue weighted by Crippen LogP contribution is -2.36. The summed E-state index contributed by atoms with van der Waals surface area (Å²) in [5.41, 5.74) is 3.70. The van der Waals surface area contributed by atoms with Gasteiger partial charge in [0.05, 0.1) is 25.7 Å². The Kier molecular flexibility index (Phi) is 11.7. The Balaban J connectivity index is 0.000000333. The van der Waals surface area contributed by atoms with Crippen molar-refractivity contribution in [1.29, 1.82) is 0 Å². The van der Waals surface area contributed by atoms with Crippen molar-refractivity contribution in [3.05, 3.63) is 41.6 Å². The van der Waals surface area contributed by atoms with Crippen molar-refractivity contribution in [2.75, 3.05) is 26.9 Å². The first-order valence-electron chi connectivity index (χ1n) is 12.1. The lowest BCUT2D eigenvalue weighted by atomic mass is 9.98. The number of hydrogen-bond acceptors (Lipinski definition) is 7. The molecule has 1 unspecified atom stereocenters. The van der Waals surface area contributed by atoms with Gasteiger partial charge in [0.1, 0.15) is 0 Å². The summed E-state index contributed by atoms with van der Waals surface area (Å²) in [4.78, 5) is 29.3. The summed E-state index contributed by atoms with van der Waals surface area (Å²) < 4.78 is 77.1. The Morgan fingerprint density at radius 1 is 1.07 bits per heavy atom. The minimum Gasteiger partial charge on any atom is -0.481 e. The number of ether oxygens (including phenoxy) is 2. The molecule has 0 amide bonds.